The van der Waals surface area contributed by atoms with Gasteiger partial charge < -0.3 is 15.0 Å². The number of nitrogens with two attached hydrogens (primary N) is 1. The van der Waals surface area contributed by atoms with Gasteiger partial charge in [-0.25, -0.2) is 4.98 Å². The molecule has 19 heavy (non-hydrogen) atoms. The van der Waals surface area contributed by atoms with Gasteiger partial charge in [0.05, 0.1) is 18.2 Å². The molecule has 1 aromatic carbocycles. The number of benzene rings is 1. The monoisotopic (exact) mass is 257 g/mol. The highest BCUT2D eigenvalue weighted by atomic mass is 16.5. The molecule has 1 aliphatic carbocycles. The zero-order chi connectivity index (χ0) is 13.2. The summed E-state index contributed by atoms with van der Waals surface area (Å²) in [6.07, 6.45) is 6.29. The lowest BCUT2D eigenvalue weighted by Gasteiger charge is -2.11. The van der Waals surface area contributed by atoms with Crippen LogP contribution in [0.3, 0.4) is 0 Å². The normalized spacial score (nSPS) is 16.3. The molecule has 0 spiro atoms. The molecule has 1 heterocycles. The quantitative estimate of drug-likeness (QED) is 0.896. The van der Waals surface area contributed by atoms with Crippen molar-refractivity contribution in [3.8, 4) is 5.75 Å². The van der Waals surface area contributed by atoms with Crippen LogP contribution < -0.4 is 10.5 Å². The van der Waals surface area contributed by atoms with E-state index in [0.717, 1.165) is 17.0 Å². The first-order valence-electron chi connectivity index (χ1n) is 6.73. The van der Waals surface area contributed by atoms with Gasteiger partial charge in [-0.2, -0.15) is 0 Å². The van der Waals surface area contributed by atoms with Gasteiger partial charge in [-0.15, -0.1) is 0 Å². The number of aromatic nitrogens is 2. The molecule has 2 aromatic rings. The molecule has 0 saturated heterocycles. The van der Waals surface area contributed by atoms with E-state index >= 15 is 0 Å². The summed E-state index contributed by atoms with van der Waals surface area (Å²) in [5.41, 5.74) is 8.10. The molecule has 0 amide bonds. The summed E-state index contributed by atoms with van der Waals surface area (Å²) in [4.78, 5) is 4.20. The minimum Gasteiger partial charge on any atom is -0.487 e. The first-order valence-corrected chi connectivity index (χ1v) is 6.73. The van der Waals surface area contributed by atoms with Crippen molar-refractivity contribution in [2.45, 2.75) is 38.5 Å². The van der Waals surface area contributed by atoms with Crippen LogP contribution in [0.15, 0.2) is 36.8 Å². The van der Waals surface area contributed by atoms with E-state index in [1.807, 2.05) is 43.7 Å². The van der Waals surface area contributed by atoms with Crippen molar-refractivity contribution >= 4 is 0 Å². The maximum Gasteiger partial charge on any atom is 0.130 e. The number of hydrogen-bond acceptors (Lipinski definition) is 3. The lowest BCUT2D eigenvalue weighted by atomic mass is 10.1. The fourth-order valence-electron chi connectivity index (χ4n) is 2.17. The molecule has 100 valence electrons. The Kier molecular flexibility index (Phi) is 3.25. The van der Waals surface area contributed by atoms with Gasteiger partial charge in [-0.3, -0.25) is 0 Å². The molecule has 0 bridgehead atoms. The molecule has 0 radical (unpaired) electrons. The number of rotatable bonds is 5. The Morgan fingerprint density at radius 2 is 2.32 bits per heavy atom. The van der Waals surface area contributed by atoms with Crippen molar-refractivity contribution in [1.82, 2.24) is 9.55 Å². The molecular formula is C15H19N3O. The predicted molar refractivity (Wildman–Crippen MR) is 73.9 cm³/mol. The molecule has 0 aliphatic heterocycles. The van der Waals surface area contributed by atoms with Crippen LogP contribution >= 0.6 is 0 Å². The fraction of sp³-hybridized carbons (Fsp3) is 0.400. The Labute approximate surface area is 113 Å². The topological polar surface area (TPSA) is 53.1 Å². The SMILES string of the molecule is C[C@H](N)c1cccc(OCc2cncn2C2CC2)c1. The second kappa shape index (κ2) is 5.05. The second-order valence-corrected chi connectivity index (χ2v) is 5.17. The molecular weight excluding hydrogens is 238 g/mol. The Bertz CT molecular complexity index is 558. The van der Waals surface area contributed by atoms with Gasteiger partial charge in [0.25, 0.3) is 0 Å². The molecule has 4 nitrogen and oxygen atoms in total. The molecule has 1 fully saturated rings. The third kappa shape index (κ3) is 2.79. The van der Waals surface area contributed by atoms with Crippen molar-refractivity contribution in [3.05, 3.63) is 48.0 Å². The van der Waals surface area contributed by atoms with Gasteiger partial charge in [0.1, 0.15) is 12.4 Å². The molecule has 1 aromatic heterocycles. The van der Waals surface area contributed by atoms with E-state index in [1.165, 1.54) is 12.8 Å². The first-order chi connectivity index (χ1) is 9.24. The van der Waals surface area contributed by atoms with Crippen LogP contribution in [-0.4, -0.2) is 9.55 Å². The van der Waals surface area contributed by atoms with Gasteiger partial charge in [0.15, 0.2) is 0 Å². The van der Waals surface area contributed by atoms with Gasteiger partial charge in [0.2, 0.25) is 0 Å². The highest BCUT2D eigenvalue weighted by Crippen LogP contribution is 2.35. The van der Waals surface area contributed by atoms with Crippen molar-refractivity contribution in [1.29, 1.82) is 0 Å². The lowest BCUT2D eigenvalue weighted by Crippen LogP contribution is -2.06. The van der Waals surface area contributed by atoms with Crippen molar-refractivity contribution in [3.63, 3.8) is 0 Å². The average Bonchev–Trinajstić information content (AvgIpc) is 3.16. The number of hydrogen-bond donors (Lipinski definition) is 1. The van der Waals surface area contributed by atoms with E-state index in [-0.39, 0.29) is 6.04 Å². The molecule has 1 saturated carbocycles. The van der Waals surface area contributed by atoms with E-state index in [0.29, 0.717) is 12.6 Å². The maximum absolute atomic E-state index is 5.88. The second-order valence-electron chi connectivity index (χ2n) is 5.17. The zero-order valence-electron chi connectivity index (χ0n) is 11.1. The first kappa shape index (κ1) is 12.2. The third-order valence-corrected chi connectivity index (χ3v) is 3.46. The maximum atomic E-state index is 5.88. The number of nitrogens with zero attached hydrogens (tertiary/aromatic N) is 2. The highest BCUT2D eigenvalue weighted by molar-refractivity contribution is 5.30. The summed E-state index contributed by atoms with van der Waals surface area (Å²) in [5, 5.41) is 0. The minimum atomic E-state index is 0.0283. The Balaban J connectivity index is 1.68. The van der Waals surface area contributed by atoms with Crippen molar-refractivity contribution in [2.75, 3.05) is 0 Å². The van der Waals surface area contributed by atoms with Gasteiger partial charge >= 0.3 is 0 Å². The number of ether oxygens (including phenoxy) is 1. The van der Waals surface area contributed by atoms with Gasteiger partial charge in [-0.05, 0) is 37.5 Å². The van der Waals surface area contributed by atoms with E-state index in [1.54, 1.807) is 0 Å². The van der Waals surface area contributed by atoms with Crippen LogP contribution in [0, 0.1) is 0 Å². The average molecular weight is 257 g/mol. The van der Waals surface area contributed by atoms with E-state index in [9.17, 15) is 0 Å². The predicted octanol–water partition coefficient (Wildman–Crippen LogP) is 2.82. The zero-order valence-corrected chi connectivity index (χ0v) is 11.1. The van der Waals surface area contributed by atoms with E-state index in [2.05, 4.69) is 9.55 Å². The molecule has 4 heteroatoms. The third-order valence-electron chi connectivity index (χ3n) is 3.46. The van der Waals surface area contributed by atoms with Gasteiger partial charge in [-0.1, -0.05) is 12.1 Å². The summed E-state index contributed by atoms with van der Waals surface area (Å²) in [7, 11) is 0. The van der Waals surface area contributed by atoms with Crippen molar-refractivity contribution < 1.29 is 4.74 Å². The minimum absolute atomic E-state index is 0.0283. The summed E-state index contributed by atoms with van der Waals surface area (Å²) in [5.74, 6) is 0.860. The molecule has 0 unspecified atom stereocenters. The lowest BCUT2D eigenvalue weighted by molar-refractivity contribution is 0.294. The Morgan fingerprint density at radius 1 is 1.47 bits per heavy atom. The van der Waals surface area contributed by atoms with Crippen molar-refractivity contribution in [2.24, 2.45) is 5.73 Å². The van der Waals surface area contributed by atoms with Crippen LogP contribution in [0.1, 0.15) is 43.1 Å². The van der Waals surface area contributed by atoms with E-state index in [4.69, 9.17) is 10.5 Å². The van der Waals surface area contributed by atoms with Gasteiger partial charge in [0, 0.05) is 12.1 Å². The van der Waals surface area contributed by atoms with Crippen LogP contribution in [0.5, 0.6) is 5.75 Å². The summed E-state index contributed by atoms with van der Waals surface area (Å²) in [6.45, 7) is 2.53. The molecule has 3 rings (SSSR count). The Morgan fingerprint density at radius 3 is 3.05 bits per heavy atom. The summed E-state index contributed by atoms with van der Waals surface area (Å²) in [6, 6.07) is 8.63. The largest absolute Gasteiger partial charge is 0.487 e. The fourth-order valence-corrected chi connectivity index (χ4v) is 2.17. The van der Waals surface area contributed by atoms with Crippen LogP contribution in [-0.2, 0) is 6.61 Å². The summed E-state index contributed by atoms with van der Waals surface area (Å²) >= 11 is 0. The highest BCUT2D eigenvalue weighted by Gasteiger charge is 2.25. The van der Waals surface area contributed by atoms with Crippen LogP contribution in [0.4, 0.5) is 0 Å². The smallest absolute Gasteiger partial charge is 0.130 e. The molecule has 1 atom stereocenters. The Hall–Kier alpha value is -1.81. The molecule has 2 N–H and O–H groups in total. The van der Waals surface area contributed by atoms with Crippen LogP contribution in [0.25, 0.3) is 0 Å². The number of imidazole rings is 1. The van der Waals surface area contributed by atoms with Crippen LogP contribution in [0.2, 0.25) is 0 Å². The summed E-state index contributed by atoms with van der Waals surface area (Å²) < 4.78 is 8.06. The standard InChI is InChI=1S/C15H19N3O/c1-11(16)12-3-2-4-15(7-12)19-9-14-8-17-10-18(14)13-5-6-13/h2-4,7-8,10-11,13H,5-6,9,16H2,1H3/t11-/m0/s1. The van der Waals surface area contributed by atoms with E-state index < -0.39 is 0 Å². The molecule has 1 aliphatic rings.